The van der Waals surface area contributed by atoms with Crippen molar-refractivity contribution in [1.29, 1.82) is 10.5 Å². The van der Waals surface area contributed by atoms with Gasteiger partial charge in [-0.3, -0.25) is 0 Å². The fourth-order valence-electron chi connectivity index (χ4n) is 2.00. The molecule has 7 heteroatoms. The molecule has 0 heterocycles. The molecule has 0 aliphatic carbocycles. The van der Waals surface area contributed by atoms with Gasteiger partial charge in [-0.1, -0.05) is 0 Å². The number of hydrogen-bond acceptors (Lipinski definition) is 4. The lowest BCUT2D eigenvalue weighted by molar-refractivity contribution is 0.144. The minimum absolute atomic E-state index is 0.0114. The predicted molar refractivity (Wildman–Crippen MR) is 79.1 cm³/mol. The van der Waals surface area contributed by atoms with E-state index in [2.05, 4.69) is 0 Å². The molecule has 0 saturated heterocycles. The summed E-state index contributed by atoms with van der Waals surface area (Å²) >= 11 is 1.00. The zero-order chi connectivity index (χ0) is 17.0. The first-order valence-corrected chi connectivity index (χ1v) is 7.50. The van der Waals surface area contributed by atoms with Gasteiger partial charge < -0.3 is 4.74 Å². The molecule has 0 unspecified atom stereocenters. The molecule has 3 nitrogen and oxygen atoms in total. The topological polar surface area (TPSA) is 56.8 Å². The maximum absolute atomic E-state index is 13.4. The number of ether oxygens (including phenoxy) is 1. The second-order valence-corrected chi connectivity index (χ2v) is 5.18. The molecule has 0 aliphatic rings. The fourth-order valence-corrected chi connectivity index (χ4v) is 2.74. The lowest BCUT2D eigenvalue weighted by Crippen LogP contribution is -1.98. The van der Waals surface area contributed by atoms with Gasteiger partial charge in [0.25, 0.3) is 6.43 Å². The summed E-state index contributed by atoms with van der Waals surface area (Å²) in [5.41, 5.74) is -0.311. The van der Waals surface area contributed by atoms with Crippen LogP contribution in [0.15, 0.2) is 35.2 Å². The van der Waals surface area contributed by atoms with Crippen molar-refractivity contribution in [1.82, 2.24) is 0 Å². The summed E-state index contributed by atoms with van der Waals surface area (Å²) in [4.78, 5) is 0.108. The van der Waals surface area contributed by atoms with Crippen LogP contribution in [0.25, 0.3) is 0 Å². The SMILES string of the molecule is CSc1c(C#N)ccc(Oc2cc(F)cc(C#N)c2)c1C(F)F. The highest BCUT2D eigenvalue weighted by atomic mass is 32.2. The molecule has 2 aromatic carbocycles. The van der Waals surface area contributed by atoms with Crippen LogP contribution in [-0.4, -0.2) is 6.26 Å². The number of thioether (sulfide) groups is 1. The van der Waals surface area contributed by atoms with Crippen LogP contribution < -0.4 is 4.74 Å². The summed E-state index contributed by atoms with van der Waals surface area (Å²) in [7, 11) is 0. The molecule has 0 bridgehead atoms. The monoisotopic (exact) mass is 334 g/mol. The van der Waals surface area contributed by atoms with Gasteiger partial charge in [-0.15, -0.1) is 11.8 Å². The number of nitriles is 2. The molecule has 0 saturated carbocycles. The number of nitrogens with zero attached hydrogens (tertiary/aromatic N) is 2. The summed E-state index contributed by atoms with van der Waals surface area (Å²) in [6, 6.07) is 9.44. The molecule has 23 heavy (non-hydrogen) atoms. The normalized spacial score (nSPS) is 10.2. The van der Waals surface area contributed by atoms with E-state index in [-0.39, 0.29) is 27.5 Å². The Balaban J connectivity index is 2.55. The summed E-state index contributed by atoms with van der Waals surface area (Å²) in [6.45, 7) is 0. The van der Waals surface area contributed by atoms with E-state index in [1.54, 1.807) is 12.3 Å². The fraction of sp³-hybridized carbons (Fsp3) is 0.125. The molecule has 116 valence electrons. The smallest absolute Gasteiger partial charge is 0.268 e. The predicted octanol–water partition coefficient (Wildman–Crippen LogP) is 5.02. The zero-order valence-electron chi connectivity index (χ0n) is 11.8. The molecule has 0 amide bonds. The number of rotatable bonds is 4. The van der Waals surface area contributed by atoms with Gasteiger partial charge in [-0.05, 0) is 30.5 Å². The van der Waals surface area contributed by atoms with Crippen molar-refractivity contribution in [3.05, 3.63) is 52.8 Å². The van der Waals surface area contributed by atoms with E-state index in [0.717, 1.165) is 23.9 Å². The highest BCUT2D eigenvalue weighted by molar-refractivity contribution is 7.98. The van der Waals surface area contributed by atoms with Gasteiger partial charge in [0.1, 0.15) is 23.4 Å². The first-order chi connectivity index (χ1) is 11.0. The number of benzene rings is 2. The molecule has 0 N–H and O–H groups in total. The van der Waals surface area contributed by atoms with E-state index in [4.69, 9.17) is 15.3 Å². The van der Waals surface area contributed by atoms with Crippen molar-refractivity contribution in [2.45, 2.75) is 11.3 Å². The van der Waals surface area contributed by atoms with Crippen LogP contribution in [0.5, 0.6) is 11.5 Å². The van der Waals surface area contributed by atoms with Crippen LogP contribution in [0.1, 0.15) is 23.1 Å². The molecule has 2 aromatic rings. The van der Waals surface area contributed by atoms with Crippen LogP contribution in [-0.2, 0) is 0 Å². The lowest BCUT2D eigenvalue weighted by Gasteiger charge is -2.15. The van der Waals surface area contributed by atoms with Crippen molar-refractivity contribution in [3.8, 4) is 23.6 Å². The standard InChI is InChI=1S/C16H9F3N2OS/c1-23-15-10(8-21)2-3-13(14(15)16(18)19)22-12-5-9(7-20)4-11(17)6-12/h2-6,16H,1H3. The van der Waals surface area contributed by atoms with Crippen molar-refractivity contribution < 1.29 is 17.9 Å². The zero-order valence-corrected chi connectivity index (χ0v) is 12.6. The average molecular weight is 334 g/mol. The van der Waals surface area contributed by atoms with Gasteiger partial charge >= 0.3 is 0 Å². The Bertz CT molecular complexity index is 825. The Morgan fingerprint density at radius 1 is 1.13 bits per heavy atom. The first-order valence-electron chi connectivity index (χ1n) is 6.27. The molecule has 0 aromatic heterocycles. The Morgan fingerprint density at radius 3 is 2.43 bits per heavy atom. The molecule has 0 spiro atoms. The minimum atomic E-state index is -2.87. The van der Waals surface area contributed by atoms with Crippen molar-refractivity contribution in [2.75, 3.05) is 6.26 Å². The Kier molecular flexibility index (Phi) is 5.15. The number of hydrogen-bond donors (Lipinski definition) is 0. The Morgan fingerprint density at radius 2 is 1.87 bits per heavy atom. The van der Waals surface area contributed by atoms with E-state index in [9.17, 15) is 13.2 Å². The van der Waals surface area contributed by atoms with Gasteiger partial charge in [0.2, 0.25) is 0 Å². The molecule has 0 aliphatic heterocycles. The van der Waals surface area contributed by atoms with E-state index < -0.39 is 17.8 Å². The largest absolute Gasteiger partial charge is 0.457 e. The maximum Gasteiger partial charge on any atom is 0.268 e. The summed E-state index contributed by atoms with van der Waals surface area (Å²) in [5.74, 6) is -0.963. The van der Waals surface area contributed by atoms with Crippen LogP contribution in [0.4, 0.5) is 13.2 Å². The lowest BCUT2D eigenvalue weighted by atomic mass is 10.1. The third-order valence-electron chi connectivity index (χ3n) is 2.93. The molecular weight excluding hydrogens is 325 g/mol. The van der Waals surface area contributed by atoms with Crippen molar-refractivity contribution in [3.63, 3.8) is 0 Å². The van der Waals surface area contributed by atoms with Gasteiger partial charge in [0.15, 0.2) is 0 Å². The van der Waals surface area contributed by atoms with E-state index >= 15 is 0 Å². The third kappa shape index (κ3) is 3.58. The van der Waals surface area contributed by atoms with E-state index in [1.165, 1.54) is 18.2 Å². The maximum atomic E-state index is 13.4. The van der Waals surface area contributed by atoms with Crippen molar-refractivity contribution in [2.24, 2.45) is 0 Å². The van der Waals surface area contributed by atoms with Gasteiger partial charge in [-0.25, -0.2) is 13.2 Å². The van der Waals surface area contributed by atoms with Gasteiger partial charge in [-0.2, -0.15) is 10.5 Å². The third-order valence-corrected chi connectivity index (χ3v) is 3.78. The van der Waals surface area contributed by atoms with Crippen LogP contribution in [0, 0.1) is 28.5 Å². The molecule has 0 radical (unpaired) electrons. The highest BCUT2D eigenvalue weighted by Gasteiger charge is 2.22. The first kappa shape index (κ1) is 16.7. The second-order valence-electron chi connectivity index (χ2n) is 4.36. The number of halogens is 3. The highest BCUT2D eigenvalue weighted by Crippen LogP contribution is 2.40. The van der Waals surface area contributed by atoms with Crippen LogP contribution in [0.2, 0.25) is 0 Å². The minimum Gasteiger partial charge on any atom is -0.457 e. The second kappa shape index (κ2) is 7.08. The molecule has 2 rings (SSSR count). The van der Waals surface area contributed by atoms with Crippen molar-refractivity contribution >= 4 is 11.8 Å². The van der Waals surface area contributed by atoms with Crippen LogP contribution in [0.3, 0.4) is 0 Å². The molecule has 0 fully saturated rings. The summed E-state index contributed by atoms with van der Waals surface area (Å²) < 4.78 is 45.5. The Labute approximate surface area is 134 Å². The van der Waals surface area contributed by atoms with E-state index in [1.807, 2.05) is 6.07 Å². The van der Waals surface area contributed by atoms with E-state index in [0.29, 0.717) is 0 Å². The molecular formula is C16H9F3N2OS. The average Bonchev–Trinajstić information content (AvgIpc) is 2.53. The van der Waals surface area contributed by atoms with Crippen LogP contribution >= 0.6 is 11.8 Å². The number of alkyl halides is 2. The summed E-state index contributed by atoms with van der Waals surface area (Å²) in [5, 5.41) is 17.8. The van der Waals surface area contributed by atoms with Gasteiger partial charge in [0.05, 0.1) is 22.8 Å². The molecule has 0 atom stereocenters. The van der Waals surface area contributed by atoms with Gasteiger partial charge in [0, 0.05) is 11.0 Å². The summed E-state index contributed by atoms with van der Waals surface area (Å²) in [6.07, 6.45) is -1.30. The Hall–Kier alpha value is -2.64. The quantitative estimate of drug-likeness (QED) is 0.737.